The third-order valence-electron chi connectivity index (χ3n) is 3.25. The van der Waals surface area contributed by atoms with Gasteiger partial charge in [0, 0.05) is 19.8 Å². The fourth-order valence-corrected chi connectivity index (χ4v) is 2.04. The molecule has 0 amide bonds. The average molecular weight is 301 g/mol. The second kappa shape index (κ2) is 6.38. The number of nitrogens with one attached hydrogen (secondary N) is 1. The molecule has 0 fully saturated rings. The molecule has 22 heavy (non-hydrogen) atoms. The van der Waals surface area contributed by atoms with Gasteiger partial charge in [0.1, 0.15) is 6.33 Å². The predicted molar refractivity (Wildman–Crippen MR) is 86.8 cm³/mol. The Balaban J connectivity index is 2.37. The molecule has 0 spiro atoms. The first-order valence-corrected chi connectivity index (χ1v) is 6.94. The quantitative estimate of drug-likeness (QED) is 0.673. The maximum atomic E-state index is 11.3. The largest absolute Gasteiger partial charge is 0.357 e. The molecule has 1 N–H and O–H groups in total. The molecule has 7 nitrogen and oxygen atoms in total. The van der Waals surface area contributed by atoms with Gasteiger partial charge in [-0.1, -0.05) is 26.0 Å². The van der Waals surface area contributed by atoms with Crippen molar-refractivity contribution in [2.75, 3.05) is 24.3 Å². The van der Waals surface area contributed by atoms with Crippen molar-refractivity contribution in [1.29, 1.82) is 0 Å². The van der Waals surface area contributed by atoms with Crippen molar-refractivity contribution in [1.82, 2.24) is 9.97 Å². The van der Waals surface area contributed by atoms with Crippen LogP contribution in [-0.2, 0) is 0 Å². The zero-order valence-corrected chi connectivity index (χ0v) is 13.1. The Morgan fingerprint density at radius 2 is 1.82 bits per heavy atom. The van der Waals surface area contributed by atoms with Crippen LogP contribution in [0.25, 0.3) is 0 Å². The molecule has 0 saturated heterocycles. The Kier molecular flexibility index (Phi) is 4.55. The highest BCUT2D eigenvalue weighted by Gasteiger charge is 2.24. The number of nitro groups is 1. The van der Waals surface area contributed by atoms with Crippen LogP contribution in [-0.4, -0.2) is 29.0 Å². The summed E-state index contributed by atoms with van der Waals surface area (Å²) in [5.41, 5.74) is 1.81. The van der Waals surface area contributed by atoms with Gasteiger partial charge in [-0.05, 0) is 23.6 Å². The van der Waals surface area contributed by atoms with Crippen LogP contribution in [0.4, 0.5) is 23.0 Å². The van der Waals surface area contributed by atoms with E-state index in [1.54, 1.807) is 19.0 Å². The highest BCUT2D eigenvalue weighted by molar-refractivity contribution is 5.74. The zero-order valence-electron chi connectivity index (χ0n) is 13.1. The van der Waals surface area contributed by atoms with Crippen LogP contribution >= 0.6 is 0 Å². The molecule has 2 rings (SSSR count). The number of nitrogens with zero attached hydrogens (tertiary/aromatic N) is 4. The van der Waals surface area contributed by atoms with Crippen LogP contribution in [0, 0.1) is 10.1 Å². The van der Waals surface area contributed by atoms with Crippen LogP contribution in [0.3, 0.4) is 0 Å². The first-order valence-electron chi connectivity index (χ1n) is 6.94. The summed E-state index contributed by atoms with van der Waals surface area (Å²) in [6.45, 7) is 4.22. The minimum absolute atomic E-state index is 0.138. The fraction of sp³-hybridized carbons (Fsp3) is 0.333. The topological polar surface area (TPSA) is 84.2 Å². The monoisotopic (exact) mass is 301 g/mol. The van der Waals surface area contributed by atoms with Crippen molar-refractivity contribution >= 4 is 23.0 Å². The molecule has 1 aromatic heterocycles. The highest BCUT2D eigenvalue weighted by atomic mass is 16.6. The summed E-state index contributed by atoms with van der Waals surface area (Å²) in [7, 11) is 3.41. The van der Waals surface area contributed by atoms with Gasteiger partial charge in [-0.15, -0.1) is 0 Å². The van der Waals surface area contributed by atoms with E-state index >= 15 is 0 Å². The summed E-state index contributed by atoms with van der Waals surface area (Å²) in [4.78, 5) is 20.4. The van der Waals surface area contributed by atoms with Gasteiger partial charge in [0.2, 0.25) is 11.6 Å². The van der Waals surface area contributed by atoms with Gasteiger partial charge in [0.15, 0.2) is 0 Å². The molecule has 0 atom stereocenters. The number of hydrogen-bond acceptors (Lipinski definition) is 6. The van der Waals surface area contributed by atoms with E-state index in [1.165, 1.54) is 11.9 Å². The maximum Gasteiger partial charge on any atom is 0.353 e. The summed E-state index contributed by atoms with van der Waals surface area (Å²) >= 11 is 0. The lowest BCUT2D eigenvalue weighted by atomic mass is 10.0. The molecule has 2 aromatic rings. The first kappa shape index (κ1) is 15.7. The molecule has 116 valence electrons. The number of anilines is 3. The van der Waals surface area contributed by atoms with E-state index in [2.05, 4.69) is 29.1 Å². The molecule has 0 radical (unpaired) electrons. The third-order valence-corrected chi connectivity index (χ3v) is 3.25. The number of aromatic nitrogens is 2. The van der Waals surface area contributed by atoms with E-state index in [9.17, 15) is 10.1 Å². The standard InChI is InChI=1S/C15H19N5O2/c1-10(2)11-5-7-12(8-6-11)18-14-13(20(21)22)15(19(3)4)17-9-16-14/h5-10H,1-4H3,(H,16,17,18). The van der Waals surface area contributed by atoms with Gasteiger partial charge in [-0.2, -0.15) is 0 Å². The molecule has 7 heteroatoms. The Bertz CT molecular complexity index is 668. The zero-order chi connectivity index (χ0) is 16.3. The van der Waals surface area contributed by atoms with Crippen LogP contribution in [0.2, 0.25) is 0 Å². The van der Waals surface area contributed by atoms with Crippen molar-refractivity contribution in [3.05, 3.63) is 46.3 Å². The number of hydrogen-bond donors (Lipinski definition) is 1. The Morgan fingerprint density at radius 3 is 2.32 bits per heavy atom. The molecule has 0 aliphatic heterocycles. The second-order valence-electron chi connectivity index (χ2n) is 5.45. The Morgan fingerprint density at radius 1 is 1.18 bits per heavy atom. The Hall–Kier alpha value is -2.70. The van der Waals surface area contributed by atoms with Gasteiger partial charge < -0.3 is 10.2 Å². The van der Waals surface area contributed by atoms with Crippen molar-refractivity contribution in [2.24, 2.45) is 0 Å². The van der Waals surface area contributed by atoms with Gasteiger partial charge in [-0.25, -0.2) is 9.97 Å². The van der Waals surface area contributed by atoms with Crippen LogP contribution in [0.1, 0.15) is 25.3 Å². The second-order valence-corrected chi connectivity index (χ2v) is 5.45. The van der Waals surface area contributed by atoms with Crippen LogP contribution < -0.4 is 10.2 Å². The average Bonchev–Trinajstić information content (AvgIpc) is 2.47. The van der Waals surface area contributed by atoms with E-state index in [0.29, 0.717) is 5.92 Å². The summed E-state index contributed by atoms with van der Waals surface area (Å²) in [6.07, 6.45) is 1.31. The fourth-order valence-electron chi connectivity index (χ4n) is 2.04. The van der Waals surface area contributed by atoms with Crippen LogP contribution in [0.5, 0.6) is 0 Å². The molecular weight excluding hydrogens is 282 g/mol. The number of rotatable bonds is 5. The van der Waals surface area contributed by atoms with Gasteiger partial charge >= 0.3 is 5.69 Å². The van der Waals surface area contributed by atoms with E-state index < -0.39 is 4.92 Å². The van der Waals surface area contributed by atoms with E-state index in [1.807, 2.05) is 24.3 Å². The maximum absolute atomic E-state index is 11.3. The third kappa shape index (κ3) is 3.30. The van der Waals surface area contributed by atoms with Crippen LogP contribution in [0.15, 0.2) is 30.6 Å². The Labute approximate surface area is 129 Å². The predicted octanol–water partition coefficient (Wildman–Crippen LogP) is 3.32. The molecular formula is C15H19N5O2. The molecule has 0 bridgehead atoms. The minimum Gasteiger partial charge on any atom is -0.357 e. The smallest absolute Gasteiger partial charge is 0.353 e. The van der Waals surface area contributed by atoms with E-state index in [-0.39, 0.29) is 17.3 Å². The van der Waals surface area contributed by atoms with Crippen molar-refractivity contribution in [3.8, 4) is 0 Å². The van der Waals surface area contributed by atoms with E-state index in [0.717, 1.165) is 5.69 Å². The lowest BCUT2D eigenvalue weighted by molar-refractivity contribution is -0.383. The molecule has 0 unspecified atom stereocenters. The van der Waals surface area contributed by atoms with Gasteiger partial charge in [0.05, 0.1) is 4.92 Å². The summed E-state index contributed by atoms with van der Waals surface area (Å²) in [5.74, 6) is 0.880. The lowest BCUT2D eigenvalue weighted by Gasteiger charge is -2.14. The summed E-state index contributed by atoms with van der Waals surface area (Å²) < 4.78 is 0. The lowest BCUT2D eigenvalue weighted by Crippen LogP contribution is -2.14. The minimum atomic E-state index is -0.472. The van der Waals surface area contributed by atoms with Gasteiger partial charge in [0.25, 0.3) is 0 Å². The van der Waals surface area contributed by atoms with Crippen molar-refractivity contribution in [2.45, 2.75) is 19.8 Å². The number of benzene rings is 1. The molecule has 0 aliphatic carbocycles. The molecule has 0 aliphatic rings. The summed E-state index contributed by atoms with van der Waals surface area (Å²) in [5, 5.41) is 14.3. The van der Waals surface area contributed by atoms with Crippen molar-refractivity contribution < 1.29 is 4.92 Å². The summed E-state index contributed by atoms with van der Waals surface area (Å²) in [6, 6.07) is 7.76. The molecule has 1 aromatic carbocycles. The SMILES string of the molecule is CC(C)c1ccc(Nc2ncnc(N(C)C)c2[N+](=O)[O-])cc1. The van der Waals surface area contributed by atoms with Crippen molar-refractivity contribution in [3.63, 3.8) is 0 Å². The highest BCUT2D eigenvalue weighted by Crippen LogP contribution is 2.32. The molecule has 0 saturated carbocycles. The van der Waals surface area contributed by atoms with E-state index in [4.69, 9.17) is 0 Å². The first-order chi connectivity index (χ1) is 10.4. The molecule has 1 heterocycles. The van der Waals surface area contributed by atoms with Gasteiger partial charge in [-0.3, -0.25) is 10.1 Å². The normalized spacial score (nSPS) is 10.6.